The molecule has 3 aromatic carbocycles. The van der Waals surface area contributed by atoms with E-state index in [-0.39, 0.29) is 24.8 Å². The number of benzene rings is 3. The summed E-state index contributed by atoms with van der Waals surface area (Å²) in [6.07, 6.45) is 0. The first-order chi connectivity index (χ1) is 13.2. The molecule has 0 heterocycles. The van der Waals surface area contributed by atoms with Crippen molar-refractivity contribution in [3.8, 4) is 11.5 Å². The van der Waals surface area contributed by atoms with E-state index in [4.69, 9.17) is 21.1 Å². The van der Waals surface area contributed by atoms with E-state index in [2.05, 4.69) is 17.4 Å². The van der Waals surface area contributed by atoms with Crippen molar-refractivity contribution in [2.24, 2.45) is 0 Å². The molecule has 3 rings (SSSR count). The second-order valence-electron chi connectivity index (χ2n) is 6.11. The fourth-order valence-electron chi connectivity index (χ4n) is 2.70. The lowest BCUT2D eigenvalue weighted by Crippen LogP contribution is -2.12. The van der Waals surface area contributed by atoms with Gasteiger partial charge in [-0.15, -0.1) is 12.4 Å². The van der Waals surface area contributed by atoms with Crippen LogP contribution in [0.3, 0.4) is 0 Å². The monoisotopic (exact) mass is 421 g/mol. The van der Waals surface area contributed by atoms with E-state index in [0.717, 1.165) is 17.7 Å². The van der Waals surface area contributed by atoms with Crippen LogP contribution in [0.4, 0.5) is 4.39 Å². The summed E-state index contributed by atoms with van der Waals surface area (Å²) in [5.41, 5.74) is 3.07. The second kappa shape index (κ2) is 10.9. The number of halogens is 3. The molecule has 0 saturated carbocycles. The molecule has 0 aromatic heterocycles. The van der Waals surface area contributed by atoms with Crippen molar-refractivity contribution in [2.45, 2.75) is 19.7 Å². The van der Waals surface area contributed by atoms with Crippen LogP contribution in [0.15, 0.2) is 66.7 Å². The molecule has 3 nitrogen and oxygen atoms in total. The number of hydrogen-bond acceptors (Lipinski definition) is 3. The lowest BCUT2D eigenvalue weighted by molar-refractivity contribution is 0.284. The molecule has 0 saturated heterocycles. The summed E-state index contributed by atoms with van der Waals surface area (Å²) in [5.74, 6) is 0.776. The minimum atomic E-state index is -0.276. The van der Waals surface area contributed by atoms with Crippen LogP contribution in [-0.2, 0) is 19.7 Å². The first kappa shape index (κ1) is 22.0. The number of rotatable bonds is 8. The zero-order chi connectivity index (χ0) is 19.1. The van der Waals surface area contributed by atoms with E-state index in [0.29, 0.717) is 23.1 Å². The van der Waals surface area contributed by atoms with Gasteiger partial charge in [0.15, 0.2) is 11.5 Å². The summed E-state index contributed by atoms with van der Waals surface area (Å²) in [6, 6.07) is 20.1. The van der Waals surface area contributed by atoms with Gasteiger partial charge in [0.25, 0.3) is 0 Å². The Morgan fingerprint density at radius 3 is 2.25 bits per heavy atom. The smallest absolute Gasteiger partial charge is 0.180 e. The Bertz CT molecular complexity index is 874. The molecule has 0 aliphatic carbocycles. The van der Waals surface area contributed by atoms with Gasteiger partial charge in [-0.25, -0.2) is 4.39 Å². The van der Waals surface area contributed by atoms with Gasteiger partial charge in [0, 0.05) is 13.1 Å². The number of methoxy groups -OCH3 is 1. The summed E-state index contributed by atoms with van der Waals surface area (Å²) in [7, 11) is 1.58. The maximum absolute atomic E-state index is 13.0. The molecule has 0 unspecified atom stereocenters. The van der Waals surface area contributed by atoms with Gasteiger partial charge in [0.1, 0.15) is 12.4 Å². The SMILES string of the molecule is COc1cc(CNCc2ccccc2)cc(Cl)c1OCc1ccc(F)cc1.Cl. The van der Waals surface area contributed by atoms with E-state index in [9.17, 15) is 4.39 Å². The van der Waals surface area contributed by atoms with E-state index < -0.39 is 0 Å². The average Bonchev–Trinajstić information content (AvgIpc) is 2.69. The van der Waals surface area contributed by atoms with Gasteiger partial charge < -0.3 is 14.8 Å². The Labute approximate surface area is 175 Å². The number of hydrogen-bond donors (Lipinski definition) is 1. The third-order valence-corrected chi connectivity index (χ3v) is 4.37. The van der Waals surface area contributed by atoms with Gasteiger partial charge in [-0.2, -0.15) is 0 Å². The van der Waals surface area contributed by atoms with Crippen molar-refractivity contribution in [1.82, 2.24) is 5.32 Å². The highest BCUT2D eigenvalue weighted by Gasteiger charge is 2.12. The van der Waals surface area contributed by atoms with E-state index >= 15 is 0 Å². The van der Waals surface area contributed by atoms with Gasteiger partial charge >= 0.3 is 0 Å². The fraction of sp³-hybridized carbons (Fsp3) is 0.182. The van der Waals surface area contributed by atoms with E-state index in [1.54, 1.807) is 19.2 Å². The molecular weight excluding hydrogens is 400 g/mol. The van der Waals surface area contributed by atoms with Crippen LogP contribution in [-0.4, -0.2) is 7.11 Å². The highest BCUT2D eigenvalue weighted by Crippen LogP contribution is 2.37. The van der Waals surface area contributed by atoms with Crippen molar-refractivity contribution in [3.05, 3.63) is 94.3 Å². The van der Waals surface area contributed by atoms with Gasteiger partial charge in [0.05, 0.1) is 12.1 Å². The van der Waals surface area contributed by atoms with Crippen LogP contribution in [0.2, 0.25) is 5.02 Å². The number of ether oxygens (including phenoxy) is 2. The predicted molar refractivity (Wildman–Crippen MR) is 113 cm³/mol. The number of nitrogens with one attached hydrogen (secondary N) is 1. The molecule has 0 radical (unpaired) electrons. The molecule has 28 heavy (non-hydrogen) atoms. The fourth-order valence-corrected chi connectivity index (χ4v) is 2.99. The summed E-state index contributed by atoms with van der Waals surface area (Å²) >= 11 is 6.41. The van der Waals surface area contributed by atoms with Crippen LogP contribution in [0.5, 0.6) is 11.5 Å². The molecule has 148 valence electrons. The first-order valence-corrected chi connectivity index (χ1v) is 9.02. The lowest BCUT2D eigenvalue weighted by atomic mass is 10.1. The van der Waals surface area contributed by atoms with Gasteiger partial charge in [-0.3, -0.25) is 0 Å². The molecule has 0 bridgehead atoms. The molecule has 0 aliphatic rings. The van der Waals surface area contributed by atoms with Crippen molar-refractivity contribution in [3.63, 3.8) is 0 Å². The molecule has 3 aromatic rings. The van der Waals surface area contributed by atoms with Gasteiger partial charge in [-0.1, -0.05) is 54.1 Å². The van der Waals surface area contributed by atoms with Crippen molar-refractivity contribution in [2.75, 3.05) is 7.11 Å². The van der Waals surface area contributed by atoms with Crippen molar-refractivity contribution in [1.29, 1.82) is 0 Å². The zero-order valence-electron chi connectivity index (χ0n) is 15.5. The van der Waals surface area contributed by atoms with Crippen LogP contribution < -0.4 is 14.8 Å². The summed E-state index contributed by atoms with van der Waals surface area (Å²) in [6.45, 7) is 1.70. The Morgan fingerprint density at radius 2 is 1.57 bits per heavy atom. The Hall–Kier alpha value is -2.27. The molecule has 0 spiro atoms. The minimum Gasteiger partial charge on any atom is -0.493 e. The standard InChI is InChI=1S/C22H21ClFNO2.ClH/c1-26-21-12-18(14-25-13-16-5-3-2-4-6-16)11-20(23)22(21)27-15-17-7-9-19(24)10-8-17;/h2-12,25H,13-15H2,1H3;1H. The zero-order valence-corrected chi connectivity index (χ0v) is 17.0. The third-order valence-electron chi connectivity index (χ3n) is 4.09. The molecule has 0 fully saturated rings. The van der Waals surface area contributed by atoms with Crippen LogP contribution in [0, 0.1) is 5.82 Å². The highest BCUT2D eigenvalue weighted by atomic mass is 35.5. The third kappa shape index (κ3) is 6.13. The maximum atomic E-state index is 13.0. The summed E-state index contributed by atoms with van der Waals surface area (Å²) < 4.78 is 24.3. The summed E-state index contributed by atoms with van der Waals surface area (Å²) in [5, 5.41) is 3.87. The normalized spacial score (nSPS) is 10.2. The van der Waals surface area contributed by atoms with Crippen molar-refractivity contribution < 1.29 is 13.9 Å². The second-order valence-corrected chi connectivity index (χ2v) is 6.52. The van der Waals surface area contributed by atoms with Gasteiger partial charge in [0.2, 0.25) is 0 Å². The topological polar surface area (TPSA) is 30.5 Å². The summed E-state index contributed by atoms with van der Waals surface area (Å²) in [4.78, 5) is 0. The maximum Gasteiger partial charge on any atom is 0.180 e. The molecule has 1 N–H and O–H groups in total. The predicted octanol–water partition coefficient (Wildman–Crippen LogP) is 5.78. The first-order valence-electron chi connectivity index (χ1n) is 8.64. The Morgan fingerprint density at radius 1 is 0.893 bits per heavy atom. The van der Waals surface area contributed by atoms with E-state index in [1.807, 2.05) is 30.3 Å². The molecule has 0 amide bonds. The quantitative estimate of drug-likeness (QED) is 0.499. The average molecular weight is 422 g/mol. The van der Waals surface area contributed by atoms with Crippen LogP contribution in [0.25, 0.3) is 0 Å². The van der Waals surface area contributed by atoms with Gasteiger partial charge in [-0.05, 0) is 41.0 Å². The largest absolute Gasteiger partial charge is 0.493 e. The minimum absolute atomic E-state index is 0. The van der Waals surface area contributed by atoms with E-state index in [1.165, 1.54) is 17.7 Å². The molecule has 0 atom stereocenters. The van der Waals surface area contributed by atoms with Crippen LogP contribution in [0.1, 0.15) is 16.7 Å². The highest BCUT2D eigenvalue weighted by molar-refractivity contribution is 6.32. The molecule has 0 aliphatic heterocycles. The Balaban J connectivity index is 0.00000280. The van der Waals surface area contributed by atoms with Crippen LogP contribution >= 0.6 is 24.0 Å². The molecule has 6 heteroatoms. The lowest BCUT2D eigenvalue weighted by Gasteiger charge is -2.15. The van der Waals surface area contributed by atoms with Crippen molar-refractivity contribution >= 4 is 24.0 Å². The molecular formula is C22H22Cl2FNO2. The Kier molecular flexibility index (Phi) is 8.58.